The topological polar surface area (TPSA) is 59.3 Å². The molecule has 2 aromatic rings. The summed E-state index contributed by atoms with van der Waals surface area (Å²) < 4.78 is 14.3. The van der Waals surface area contributed by atoms with Crippen molar-refractivity contribution in [1.82, 2.24) is 4.57 Å². The maximum absolute atomic E-state index is 13.0. The Morgan fingerprint density at radius 3 is 2.69 bits per heavy atom. The van der Waals surface area contributed by atoms with E-state index in [2.05, 4.69) is 0 Å². The van der Waals surface area contributed by atoms with Gasteiger partial charge >= 0.3 is 5.97 Å². The van der Waals surface area contributed by atoms with Crippen LogP contribution in [0, 0.1) is 5.82 Å². The molecule has 0 saturated heterocycles. The van der Waals surface area contributed by atoms with Gasteiger partial charge in [-0.05, 0) is 18.2 Å². The Bertz CT molecular complexity index is 645. The Morgan fingerprint density at radius 2 is 2.06 bits per heavy atom. The first-order valence-electron chi connectivity index (χ1n) is 4.53. The zero-order chi connectivity index (χ0) is 11.9. The fraction of sp³-hybridized carbons (Fsp3) is 0.0909. The zero-order valence-corrected chi connectivity index (χ0v) is 8.40. The number of carboxylic acids is 1. The lowest BCUT2D eigenvalue weighted by Crippen LogP contribution is -2.15. The van der Waals surface area contributed by atoms with Crippen LogP contribution < -0.4 is 5.43 Å². The molecule has 0 fully saturated rings. The Morgan fingerprint density at radius 1 is 1.38 bits per heavy atom. The number of carbonyl (C=O) groups is 1. The molecule has 4 nitrogen and oxygen atoms in total. The van der Waals surface area contributed by atoms with Gasteiger partial charge in [0.2, 0.25) is 0 Å². The highest BCUT2D eigenvalue weighted by Gasteiger charge is 2.12. The van der Waals surface area contributed by atoms with Gasteiger partial charge in [0.15, 0.2) is 5.43 Å². The van der Waals surface area contributed by atoms with Gasteiger partial charge in [-0.2, -0.15) is 0 Å². The van der Waals surface area contributed by atoms with Gasteiger partial charge in [0.1, 0.15) is 11.5 Å². The maximum atomic E-state index is 13.0. The number of rotatable bonds is 1. The summed E-state index contributed by atoms with van der Waals surface area (Å²) >= 11 is 0. The van der Waals surface area contributed by atoms with E-state index in [1.807, 2.05) is 0 Å². The van der Waals surface area contributed by atoms with Crippen LogP contribution in [0.3, 0.4) is 0 Å². The molecular weight excluding hydrogens is 213 g/mol. The molecule has 0 amide bonds. The van der Waals surface area contributed by atoms with Crippen LogP contribution in [0.5, 0.6) is 0 Å². The lowest BCUT2D eigenvalue weighted by atomic mass is 10.2. The van der Waals surface area contributed by atoms with Crippen molar-refractivity contribution in [2.45, 2.75) is 0 Å². The van der Waals surface area contributed by atoms with Gasteiger partial charge in [-0.3, -0.25) is 4.79 Å². The number of fused-ring (bicyclic) bond motifs is 1. The third-order valence-corrected chi connectivity index (χ3v) is 2.43. The highest BCUT2D eigenvalue weighted by molar-refractivity contribution is 5.90. The van der Waals surface area contributed by atoms with Gasteiger partial charge in [0.05, 0.1) is 5.52 Å². The van der Waals surface area contributed by atoms with E-state index >= 15 is 0 Å². The Kier molecular flexibility index (Phi) is 2.23. The first-order valence-corrected chi connectivity index (χ1v) is 4.53. The number of nitrogens with zero attached hydrogens (tertiary/aromatic N) is 1. The number of benzene rings is 1. The minimum atomic E-state index is -1.22. The van der Waals surface area contributed by atoms with Crippen molar-refractivity contribution in [2.24, 2.45) is 7.05 Å². The summed E-state index contributed by atoms with van der Waals surface area (Å²) in [5, 5.41) is 9.17. The van der Waals surface area contributed by atoms with Crippen molar-refractivity contribution in [3.05, 3.63) is 46.0 Å². The molecule has 1 heterocycles. The molecule has 1 N–H and O–H groups in total. The molecule has 1 aromatic carbocycles. The number of hydrogen-bond donors (Lipinski definition) is 1. The third kappa shape index (κ3) is 1.46. The monoisotopic (exact) mass is 221 g/mol. The summed E-state index contributed by atoms with van der Waals surface area (Å²) in [4.78, 5) is 22.4. The predicted molar refractivity (Wildman–Crippen MR) is 56.1 cm³/mol. The van der Waals surface area contributed by atoms with E-state index in [4.69, 9.17) is 5.11 Å². The van der Waals surface area contributed by atoms with E-state index in [0.29, 0.717) is 5.39 Å². The van der Waals surface area contributed by atoms with E-state index in [1.165, 1.54) is 23.7 Å². The molecule has 0 saturated carbocycles. The molecule has 1 aromatic heterocycles. The Balaban J connectivity index is 2.97. The van der Waals surface area contributed by atoms with Crippen LogP contribution in [0.15, 0.2) is 29.1 Å². The Hall–Kier alpha value is -2.17. The van der Waals surface area contributed by atoms with Crippen LogP contribution in [0.1, 0.15) is 10.5 Å². The number of halogens is 1. The molecule has 82 valence electrons. The largest absolute Gasteiger partial charge is 0.477 e. The summed E-state index contributed by atoms with van der Waals surface area (Å²) in [6.07, 6.45) is 0. The van der Waals surface area contributed by atoms with E-state index < -0.39 is 17.2 Å². The molecule has 0 unspecified atom stereocenters. The van der Waals surface area contributed by atoms with E-state index in [-0.39, 0.29) is 11.2 Å². The Labute approximate surface area is 89.6 Å². The fourth-order valence-electron chi connectivity index (χ4n) is 1.62. The van der Waals surface area contributed by atoms with Crippen molar-refractivity contribution in [2.75, 3.05) is 0 Å². The van der Waals surface area contributed by atoms with Crippen molar-refractivity contribution >= 4 is 16.9 Å². The number of aromatic nitrogens is 1. The fourth-order valence-corrected chi connectivity index (χ4v) is 1.62. The lowest BCUT2D eigenvalue weighted by molar-refractivity contribution is 0.0686. The number of pyridine rings is 1. The zero-order valence-electron chi connectivity index (χ0n) is 8.40. The average Bonchev–Trinajstić information content (AvgIpc) is 2.22. The standard InChI is InChI=1S/C11H8FNO3/c1-13-8-4-6(12)2-3-7(8)10(14)5-9(13)11(15)16/h2-5H,1H3,(H,15,16). The lowest BCUT2D eigenvalue weighted by Gasteiger charge is -2.08. The van der Waals surface area contributed by atoms with Crippen molar-refractivity contribution in [3.63, 3.8) is 0 Å². The van der Waals surface area contributed by atoms with Crippen LogP contribution in [-0.4, -0.2) is 15.6 Å². The van der Waals surface area contributed by atoms with Gasteiger partial charge in [-0.1, -0.05) is 0 Å². The molecular formula is C11H8FNO3. The van der Waals surface area contributed by atoms with Crippen LogP contribution in [-0.2, 0) is 7.05 Å². The number of aromatic carboxylic acids is 1. The van der Waals surface area contributed by atoms with Gasteiger partial charge < -0.3 is 9.67 Å². The molecule has 16 heavy (non-hydrogen) atoms. The SMILES string of the molecule is Cn1c(C(=O)O)cc(=O)c2ccc(F)cc21. The van der Waals surface area contributed by atoms with E-state index in [1.54, 1.807) is 0 Å². The molecule has 0 aliphatic rings. The minimum Gasteiger partial charge on any atom is -0.477 e. The second kappa shape index (κ2) is 3.44. The van der Waals surface area contributed by atoms with E-state index in [9.17, 15) is 14.0 Å². The molecule has 0 aliphatic carbocycles. The van der Waals surface area contributed by atoms with Crippen LogP contribution >= 0.6 is 0 Å². The quantitative estimate of drug-likeness (QED) is 0.791. The molecule has 5 heteroatoms. The van der Waals surface area contributed by atoms with Crippen LogP contribution in [0.4, 0.5) is 4.39 Å². The summed E-state index contributed by atoms with van der Waals surface area (Å²) in [6, 6.07) is 4.69. The normalized spacial score (nSPS) is 10.6. The van der Waals surface area contributed by atoms with Gasteiger partial charge in [-0.25, -0.2) is 9.18 Å². The summed E-state index contributed by atoms with van der Waals surface area (Å²) in [7, 11) is 1.48. The molecule has 2 rings (SSSR count). The summed E-state index contributed by atoms with van der Waals surface area (Å²) in [5.41, 5.74) is -0.321. The maximum Gasteiger partial charge on any atom is 0.352 e. The second-order valence-electron chi connectivity index (χ2n) is 3.42. The highest BCUT2D eigenvalue weighted by atomic mass is 19.1. The molecule has 0 bridgehead atoms. The number of carboxylic acid groups (broad SMARTS) is 1. The summed E-state index contributed by atoms with van der Waals surface area (Å²) in [6.45, 7) is 0. The van der Waals surface area contributed by atoms with Gasteiger partial charge in [-0.15, -0.1) is 0 Å². The molecule has 0 aliphatic heterocycles. The molecule has 0 spiro atoms. The predicted octanol–water partition coefficient (Wildman–Crippen LogP) is 1.38. The van der Waals surface area contributed by atoms with E-state index in [0.717, 1.165) is 12.1 Å². The second-order valence-corrected chi connectivity index (χ2v) is 3.42. The van der Waals surface area contributed by atoms with Gasteiger partial charge in [0, 0.05) is 18.5 Å². The third-order valence-electron chi connectivity index (χ3n) is 2.43. The van der Waals surface area contributed by atoms with Crippen LogP contribution in [0.2, 0.25) is 0 Å². The molecule has 0 radical (unpaired) electrons. The number of aryl methyl sites for hydroxylation is 1. The average molecular weight is 221 g/mol. The van der Waals surface area contributed by atoms with Crippen molar-refractivity contribution in [1.29, 1.82) is 0 Å². The number of hydrogen-bond acceptors (Lipinski definition) is 2. The molecule has 0 atom stereocenters. The van der Waals surface area contributed by atoms with Crippen molar-refractivity contribution < 1.29 is 14.3 Å². The van der Waals surface area contributed by atoms with Crippen molar-refractivity contribution in [3.8, 4) is 0 Å². The summed E-state index contributed by atoms with van der Waals surface area (Å²) in [5.74, 6) is -1.73. The smallest absolute Gasteiger partial charge is 0.352 e. The minimum absolute atomic E-state index is 0.164. The first kappa shape index (κ1) is 10.4. The highest BCUT2D eigenvalue weighted by Crippen LogP contribution is 2.13. The first-order chi connectivity index (χ1) is 7.50. The van der Waals surface area contributed by atoms with Gasteiger partial charge in [0.25, 0.3) is 0 Å². The van der Waals surface area contributed by atoms with Crippen LogP contribution in [0.25, 0.3) is 10.9 Å².